The van der Waals surface area contributed by atoms with Crippen molar-refractivity contribution >= 4 is 136 Å². The maximum absolute atomic E-state index is 2.67. The predicted octanol–water partition coefficient (Wildman–Crippen LogP) is 46.2. The summed E-state index contributed by atoms with van der Waals surface area (Å²) in [6.07, 6.45) is 71.4. The fourth-order valence-electron chi connectivity index (χ4n) is 19.2. The zero-order valence-electron chi connectivity index (χ0n) is 81.2. The van der Waals surface area contributed by atoms with Gasteiger partial charge in [-0.1, -0.05) is 372 Å². The highest BCUT2D eigenvalue weighted by Gasteiger charge is 2.26. The van der Waals surface area contributed by atoms with Crippen LogP contribution in [0.15, 0.2) is 170 Å². The van der Waals surface area contributed by atoms with Crippen LogP contribution in [0.5, 0.6) is 0 Å². The Morgan fingerprint density at radius 2 is 0.273 bits per heavy atom. The molecule has 14 aromatic rings. The Morgan fingerprint density at radius 1 is 0.129 bits per heavy atom. The van der Waals surface area contributed by atoms with Gasteiger partial charge in [0.15, 0.2) is 0 Å². The molecule has 132 heavy (non-hydrogen) atoms. The van der Waals surface area contributed by atoms with Crippen molar-refractivity contribution in [3.05, 3.63) is 203 Å². The summed E-state index contributed by atoms with van der Waals surface area (Å²) in [7, 11) is 0. The number of hydrogen-bond acceptors (Lipinski definition) is 12. The molecule has 0 saturated heterocycles. The van der Waals surface area contributed by atoms with Crippen molar-refractivity contribution in [2.45, 2.75) is 388 Å². The minimum absolute atomic E-state index is 1.14. The van der Waals surface area contributed by atoms with Gasteiger partial charge in [-0.05, 0) is 231 Å². The normalized spacial score (nSPS) is 11.8. The van der Waals surface area contributed by atoms with Gasteiger partial charge in [0.2, 0.25) is 0 Å². The van der Waals surface area contributed by atoms with Gasteiger partial charge in [0.25, 0.3) is 0 Å². The van der Waals surface area contributed by atoms with Crippen LogP contribution in [0.2, 0.25) is 0 Å². The third-order valence-corrected chi connectivity index (χ3v) is 42.7. The molecule has 0 aliphatic rings. The molecule has 0 spiro atoms. The standard InChI is InChI=1S/C120H154S12/c1-7-13-19-25-31-37-43-51-65-91-83-109(89-61-57-49-58-62-89)127-115(91)103-77-71-97(121-103)99-73-79-105(123-99)117-93(67-53-45-39-33-27-21-15-9-3)85-111(129-117)113-87-95(69-55-47-41-35-29-23-17-11-5)119(131-113)107-81-75-101(125-107)102-76-82-108(126-102)120-96(70-56-48-42-36-30-24-18-12-6)88-114(132-120)112-86-94(68-54-46-40-34-28-22-16-10-4)118(130-112)106-80-74-100(124-106)98-72-78-104(122-98)116-92(66-52-44-38-32-26-20-14-8-2)84-110(128-116)90-63-59-50-60-64-90/h49-50,57-64,71-88H,7-48,51-56,65-70H2,1-6H3. The SMILES string of the molecule is CCCCCCCCCCc1cc(-c2ccccc2)sc1-c1ccc(-c2ccc(-c3sc(-c4cc(CCCCCCCCCC)c(-c5ccc(-c6ccc(-c7sc(-c8cc(CCCCCCCCCC)c(-c9ccc(-c%10ccc(-c%11sc(-c%12ccccc%12)cc%11CCCCCCCCCC)s%10)s9)s8)cc7CCCCCCCCCC)s6)s5)s4)cc3CCCCCCCCCC)s2)s1. The van der Waals surface area contributed by atoms with Crippen LogP contribution in [0.25, 0.3) is 128 Å². The molecular weight excluding hydrogens is 1830 g/mol. The molecule has 0 atom stereocenters. The molecule has 0 amide bonds. The number of thiophene rings is 12. The Balaban J connectivity index is 0.737. The lowest BCUT2D eigenvalue weighted by Gasteiger charge is -2.04. The van der Waals surface area contributed by atoms with E-state index in [4.69, 9.17) is 0 Å². The van der Waals surface area contributed by atoms with Gasteiger partial charge in [0, 0.05) is 117 Å². The first-order valence-electron chi connectivity index (χ1n) is 52.8. The van der Waals surface area contributed by atoms with E-state index in [-0.39, 0.29) is 0 Å². The van der Waals surface area contributed by atoms with Crippen LogP contribution in [0, 0.1) is 0 Å². The summed E-state index contributed by atoms with van der Waals surface area (Å²) in [6.45, 7) is 14.0. The van der Waals surface area contributed by atoms with Gasteiger partial charge in [-0.25, -0.2) is 0 Å². The van der Waals surface area contributed by atoms with Crippen LogP contribution in [0.4, 0.5) is 0 Å². The average molecular weight is 1980 g/mol. The molecule has 0 nitrogen and oxygen atoms in total. The zero-order valence-corrected chi connectivity index (χ0v) is 91.0. The molecule has 0 N–H and O–H groups in total. The highest BCUT2D eigenvalue weighted by molar-refractivity contribution is 7.33. The summed E-state index contributed by atoms with van der Waals surface area (Å²) in [5.74, 6) is 0. The van der Waals surface area contributed by atoms with E-state index in [2.05, 4.69) is 279 Å². The number of aryl methyl sites for hydroxylation is 6. The molecule has 14 rings (SSSR count). The molecule has 2 aromatic carbocycles. The van der Waals surface area contributed by atoms with E-state index in [0.29, 0.717) is 0 Å². The number of unbranched alkanes of at least 4 members (excludes halogenated alkanes) is 42. The second-order valence-corrected chi connectivity index (χ2v) is 50.7. The highest BCUT2D eigenvalue weighted by Crippen LogP contribution is 2.55. The quantitative estimate of drug-likeness (QED) is 0.0333. The van der Waals surface area contributed by atoms with Crippen molar-refractivity contribution < 1.29 is 0 Å². The first-order chi connectivity index (χ1) is 65.3. The Morgan fingerprint density at radius 3 is 0.447 bits per heavy atom. The maximum Gasteiger partial charge on any atom is 0.0481 e. The predicted molar refractivity (Wildman–Crippen MR) is 610 cm³/mol. The second-order valence-electron chi connectivity index (χ2n) is 37.9. The number of rotatable bonds is 67. The highest BCUT2D eigenvalue weighted by atomic mass is 32.1. The molecule has 0 unspecified atom stereocenters. The Labute approximate surface area is 847 Å². The Kier molecular flexibility index (Phi) is 44.7. The maximum atomic E-state index is 2.67. The number of benzene rings is 2. The lowest BCUT2D eigenvalue weighted by Crippen LogP contribution is -1.86. The summed E-state index contributed by atoms with van der Waals surface area (Å²) in [6, 6.07) is 67.7. The van der Waals surface area contributed by atoms with Crippen LogP contribution < -0.4 is 0 Å². The molecule has 706 valence electrons. The van der Waals surface area contributed by atoms with Crippen molar-refractivity contribution in [3.8, 4) is 128 Å². The Bertz CT molecular complexity index is 5180. The van der Waals surface area contributed by atoms with E-state index in [1.807, 2.05) is 68.0 Å². The van der Waals surface area contributed by atoms with Crippen LogP contribution in [0.1, 0.15) is 383 Å². The van der Waals surface area contributed by atoms with E-state index in [1.165, 1.54) is 448 Å². The minimum Gasteiger partial charge on any atom is -0.134 e. The fourth-order valence-corrected chi connectivity index (χ4v) is 33.8. The molecule has 12 heteroatoms. The molecule has 0 fully saturated rings. The lowest BCUT2D eigenvalue weighted by molar-refractivity contribution is 0.576. The fraction of sp³-hybridized carbons (Fsp3) is 0.500. The summed E-state index contributed by atoms with van der Waals surface area (Å²) >= 11 is 24.6. The topological polar surface area (TPSA) is 0 Å². The molecule has 0 saturated carbocycles. The van der Waals surface area contributed by atoms with Gasteiger partial charge in [0.1, 0.15) is 0 Å². The monoisotopic (exact) mass is 1980 g/mol. The van der Waals surface area contributed by atoms with E-state index in [0.717, 1.165) is 38.5 Å². The van der Waals surface area contributed by atoms with Crippen LogP contribution in [0.3, 0.4) is 0 Å². The third-order valence-electron chi connectivity index (χ3n) is 27.0. The van der Waals surface area contributed by atoms with E-state index < -0.39 is 0 Å². The van der Waals surface area contributed by atoms with Gasteiger partial charge >= 0.3 is 0 Å². The number of hydrogen-bond donors (Lipinski definition) is 0. The van der Waals surface area contributed by atoms with Crippen LogP contribution >= 0.6 is 136 Å². The molecule has 0 aliphatic heterocycles. The van der Waals surface area contributed by atoms with Crippen molar-refractivity contribution in [1.82, 2.24) is 0 Å². The van der Waals surface area contributed by atoms with Gasteiger partial charge in [0.05, 0.1) is 0 Å². The van der Waals surface area contributed by atoms with Crippen molar-refractivity contribution in [2.75, 3.05) is 0 Å². The molecule has 0 radical (unpaired) electrons. The molecule has 0 aliphatic carbocycles. The summed E-state index contributed by atoms with van der Waals surface area (Å²) in [5.41, 5.74) is 12.0. The third kappa shape index (κ3) is 30.9. The van der Waals surface area contributed by atoms with Crippen molar-refractivity contribution in [1.29, 1.82) is 0 Å². The Hall–Kier alpha value is -5.16. The first kappa shape index (κ1) is 103. The van der Waals surface area contributed by atoms with Crippen molar-refractivity contribution in [2.24, 2.45) is 0 Å². The summed E-state index contributed by atoms with van der Waals surface area (Å²) < 4.78 is 0. The van der Waals surface area contributed by atoms with Gasteiger partial charge in [-0.2, -0.15) is 0 Å². The van der Waals surface area contributed by atoms with E-state index in [9.17, 15) is 0 Å². The van der Waals surface area contributed by atoms with E-state index >= 15 is 0 Å². The second kappa shape index (κ2) is 57.4. The summed E-state index contributed by atoms with van der Waals surface area (Å²) in [4.78, 5) is 34.7. The van der Waals surface area contributed by atoms with Crippen LogP contribution in [-0.4, -0.2) is 0 Å². The zero-order chi connectivity index (χ0) is 90.9. The van der Waals surface area contributed by atoms with Gasteiger partial charge < -0.3 is 0 Å². The minimum atomic E-state index is 1.14. The van der Waals surface area contributed by atoms with Crippen molar-refractivity contribution in [3.63, 3.8) is 0 Å². The molecular formula is C120H154S12. The van der Waals surface area contributed by atoms with Gasteiger partial charge in [-0.3, -0.25) is 0 Å². The lowest BCUT2D eigenvalue weighted by atomic mass is 10.0. The first-order valence-corrected chi connectivity index (χ1v) is 62.6. The average Bonchev–Trinajstić information content (AvgIpc) is 1.63. The molecule has 12 aromatic heterocycles. The van der Waals surface area contributed by atoms with Crippen LogP contribution in [-0.2, 0) is 38.5 Å². The van der Waals surface area contributed by atoms with E-state index in [1.54, 1.807) is 22.3 Å². The smallest absolute Gasteiger partial charge is 0.0481 e. The largest absolute Gasteiger partial charge is 0.134 e. The molecule has 0 bridgehead atoms. The van der Waals surface area contributed by atoms with Gasteiger partial charge in [-0.15, -0.1) is 136 Å². The summed E-state index contributed by atoms with van der Waals surface area (Å²) in [5, 5.41) is 0. The molecule has 12 heterocycles.